The molecule has 0 saturated heterocycles. The number of aliphatic hydroxyl groups excluding tert-OH is 1. The van der Waals surface area contributed by atoms with Crippen molar-refractivity contribution >= 4 is 0 Å². The Labute approximate surface area is 95.6 Å². The molecule has 1 N–H and O–H groups in total. The molecule has 0 atom stereocenters. The monoisotopic (exact) mass is 254 g/mol. The van der Waals surface area contributed by atoms with Gasteiger partial charge >= 0.3 is 6.18 Å². The minimum absolute atomic E-state index is 0.0202. The molecule has 0 amide bonds. The van der Waals surface area contributed by atoms with E-state index in [2.05, 4.69) is 14.9 Å². The molecule has 5 nitrogen and oxygen atoms in total. The van der Waals surface area contributed by atoms with Crippen LogP contribution in [0.1, 0.15) is 18.1 Å². The second kappa shape index (κ2) is 6.55. The van der Waals surface area contributed by atoms with Crippen molar-refractivity contribution in [1.82, 2.24) is 10.1 Å². The van der Waals surface area contributed by atoms with Gasteiger partial charge in [-0.1, -0.05) is 5.16 Å². The highest BCUT2D eigenvalue weighted by Crippen LogP contribution is 2.14. The largest absolute Gasteiger partial charge is 0.411 e. The summed E-state index contributed by atoms with van der Waals surface area (Å²) in [7, 11) is 0. The second-order valence-corrected chi connectivity index (χ2v) is 3.35. The highest BCUT2D eigenvalue weighted by molar-refractivity contribution is 4.86. The van der Waals surface area contributed by atoms with Crippen LogP contribution in [0.25, 0.3) is 0 Å². The van der Waals surface area contributed by atoms with Crippen LogP contribution in [-0.4, -0.2) is 41.2 Å². The zero-order chi connectivity index (χ0) is 12.7. The third-order valence-electron chi connectivity index (χ3n) is 1.79. The van der Waals surface area contributed by atoms with Crippen molar-refractivity contribution in [3.8, 4) is 0 Å². The first-order chi connectivity index (χ1) is 8.01. The molecule has 0 radical (unpaired) electrons. The van der Waals surface area contributed by atoms with Crippen LogP contribution in [0, 0.1) is 0 Å². The third-order valence-corrected chi connectivity index (χ3v) is 1.79. The van der Waals surface area contributed by atoms with Crippen molar-refractivity contribution < 1.29 is 27.5 Å². The fourth-order valence-electron chi connectivity index (χ4n) is 1.07. The normalized spacial score (nSPS) is 12.0. The van der Waals surface area contributed by atoms with Gasteiger partial charge in [0, 0.05) is 19.4 Å². The minimum atomic E-state index is -4.32. The highest BCUT2D eigenvalue weighted by Gasteiger charge is 2.27. The van der Waals surface area contributed by atoms with Crippen molar-refractivity contribution in [3.63, 3.8) is 0 Å². The standard InChI is InChI=1S/C9H13F3N2O3/c10-9(11,12)6-16-5-3-7-13-8(17-14-7)2-1-4-15/h15H,1-6H2. The van der Waals surface area contributed by atoms with Gasteiger partial charge in [0.05, 0.1) is 6.61 Å². The number of hydrogen-bond acceptors (Lipinski definition) is 5. The molecule has 0 aliphatic carbocycles. The Morgan fingerprint density at radius 3 is 2.71 bits per heavy atom. The molecule has 17 heavy (non-hydrogen) atoms. The smallest absolute Gasteiger partial charge is 0.396 e. The number of nitrogens with zero attached hydrogens (tertiary/aromatic N) is 2. The molecule has 8 heteroatoms. The van der Waals surface area contributed by atoms with Crippen molar-refractivity contribution in [2.75, 3.05) is 19.8 Å². The Balaban J connectivity index is 2.21. The average Bonchev–Trinajstić information content (AvgIpc) is 2.68. The van der Waals surface area contributed by atoms with Gasteiger partial charge in [-0.05, 0) is 6.42 Å². The second-order valence-electron chi connectivity index (χ2n) is 3.35. The summed E-state index contributed by atoms with van der Waals surface area (Å²) in [5.74, 6) is 0.671. The lowest BCUT2D eigenvalue weighted by Crippen LogP contribution is -2.18. The van der Waals surface area contributed by atoms with E-state index in [4.69, 9.17) is 9.63 Å². The Bertz CT molecular complexity index is 328. The molecule has 1 rings (SSSR count). The number of hydrogen-bond donors (Lipinski definition) is 1. The lowest BCUT2D eigenvalue weighted by molar-refractivity contribution is -0.173. The van der Waals surface area contributed by atoms with Gasteiger partial charge in [0.25, 0.3) is 0 Å². The summed E-state index contributed by atoms with van der Waals surface area (Å²) in [5.41, 5.74) is 0. The maximum absolute atomic E-state index is 11.7. The maximum atomic E-state index is 11.7. The van der Waals surface area contributed by atoms with Crippen LogP contribution in [0.3, 0.4) is 0 Å². The van der Waals surface area contributed by atoms with E-state index in [0.717, 1.165) is 0 Å². The third kappa shape index (κ3) is 6.22. The number of aryl methyl sites for hydroxylation is 1. The van der Waals surface area contributed by atoms with Crippen LogP contribution < -0.4 is 0 Å². The molecule has 0 aliphatic rings. The van der Waals surface area contributed by atoms with Crippen molar-refractivity contribution in [2.45, 2.75) is 25.4 Å². The first-order valence-electron chi connectivity index (χ1n) is 5.08. The number of alkyl halides is 3. The van der Waals surface area contributed by atoms with Crippen molar-refractivity contribution in [3.05, 3.63) is 11.7 Å². The Hall–Kier alpha value is -1.15. The SMILES string of the molecule is OCCCc1nc(CCOCC(F)(F)F)no1. The maximum Gasteiger partial charge on any atom is 0.411 e. The number of rotatable bonds is 7. The van der Waals surface area contributed by atoms with Gasteiger partial charge < -0.3 is 14.4 Å². The van der Waals surface area contributed by atoms with Crippen LogP contribution in [0.4, 0.5) is 13.2 Å². The van der Waals surface area contributed by atoms with Gasteiger partial charge in [-0.3, -0.25) is 0 Å². The summed E-state index contributed by atoms with van der Waals surface area (Å²) in [6, 6.07) is 0. The van der Waals surface area contributed by atoms with E-state index >= 15 is 0 Å². The summed E-state index contributed by atoms with van der Waals surface area (Å²) in [5, 5.41) is 12.1. The molecular weight excluding hydrogens is 241 g/mol. The quantitative estimate of drug-likeness (QED) is 0.738. The minimum Gasteiger partial charge on any atom is -0.396 e. The van der Waals surface area contributed by atoms with Gasteiger partial charge in [0.1, 0.15) is 6.61 Å². The highest BCUT2D eigenvalue weighted by atomic mass is 19.4. The van der Waals surface area contributed by atoms with Gasteiger partial charge in [-0.2, -0.15) is 18.2 Å². The molecule has 0 unspecified atom stereocenters. The summed E-state index contributed by atoms with van der Waals surface area (Å²) in [4.78, 5) is 3.93. The Kier molecular flexibility index (Phi) is 5.36. The van der Waals surface area contributed by atoms with E-state index in [-0.39, 0.29) is 19.6 Å². The summed E-state index contributed by atoms with van der Waals surface area (Å²) >= 11 is 0. The lowest BCUT2D eigenvalue weighted by atomic mass is 10.3. The molecule has 0 fully saturated rings. The molecule has 1 aromatic rings. The molecule has 0 aliphatic heterocycles. The van der Waals surface area contributed by atoms with E-state index in [0.29, 0.717) is 24.6 Å². The molecule has 1 heterocycles. The van der Waals surface area contributed by atoms with Crippen LogP contribution in [0.15, 0.2) is 4.52 Å². The number of aliphatic hydroxyl groups is 1. The molecule has 0 aromatic carbocycles. The van der Waals surface area contributed by atoms with E-state index in [1.807, 2.05) is 0 Å². The van der Waals surface area contributed by atoms with E-state index in [9.17, 15) is 13.2 Å². The first kappa shape index (κ1) is 13.9. The van der Waals surface area contributed by atoms with Crippen LogP contribution >= 0.6 is 0 Å². The zero-order valence-corrected chi connectivity index (χ0v) is 9.03. The molecular formula is C9H13F3N2O3. The molecule has 98 valence electrons. The van der Waals surface area contributed by atoms with Gasteiger partial charge in [0.2, 0.25) is 5.89 Å². The van der Waals surface area contributed by atoms with E-state index < -0.39 is 12.8 Å². The summed E-state index contributed by atoms with van der Waals surface area (Å²) in [6.07, 6.45) is -3.19. The number of aromatic nitrogens is 2. The van der Waals surface area contributed by atoms with E-state index in [1.165, 1.54) is 0 Å². The Morgan fingerprint density at radius 2 is 2.06 bits per heavy atom. The predicted molar refractivity (Wildman–Crippen MR) is 50.3 cm³/mol. The van der Waals surface area contributed by atoms with Crippen molar-refractivity contribution in [1.29, 1.82) is 0 Å². The van der Waals surface area contributed by atoms with Crippen LogP contribution in [-0.2, 0) is 17.6 Å². The molecule has 0 saturated carbocycles. The fourth-order valence-corrected chi connectivity index (χ4v) is 1.07. The van der Waals surface area contributed by atoms with Crippen molar-refractivity contribution in [2.24, 2.45) is 0 Å². The van der Waals surface area contributed by atoms with Crippen LogP contribution in [0.2, 0.25) is 0 Å². The fraction of sp³-hybridized carbons (Fsp3) is 0.778. The number of halogens is 3. The zero-order valence-electron chi connectivity index (χ0n) is 9.03. The lowest BCUT2D eigenvalue weighted by Gasteiger charge is -2.05. The summed E-state index contributed by atoms with van der Waals surface area (Å²) in [6.45, 7) is -1.37. The van der Waals surface area contributed by atoms with Crippen LogP contribution in [0.5, 0.6) is 0 Å². The van der Waals surface area contributed by atoms with E-state index in [1.54, 1.807) is 0 Å². The van der Waals surface area contributed by atoms with Gasteiger partial charge in [-0.15, -0.1) is 0 Å². The molecule has 0 spiro atoms. The predicted octanol–water partition coefficient (Wildman–Crippen LogP) is 1.12. The molecule has 1 aromatic heterocycles. The molecule has 0 bridgehead atoms. The number of ether oxygens (including phenoxy) is 1. The summed E-state index contributed by atoms with van der Waals surface area (Å²) < 4.78 is 44.4. The van der Waals surface area contributed by atoms with Gasteiger partial charge in [-0.25, -0.2) is 0 Å². The topological polar surface area (TPSA) is 68.4 Å². The average molecular weight is 254 g/mol. The van der Waals surface area contributed by atoms with Gasteiger partial charge in [0.15, 0.2) is 5.82 Å². The first-order valence-corrected chi connectivity index (χ1v) is 5.08. The Morgan fingerprint density at radius 1 is 1.29 bits per heavy atom.